The van der Waals surface area contributed by atoms with Crippen LogP contribution in [0.5, 0.6) is 0 Å². The fourth-order valence-electron chi connectivity index (χ4n) is 2.14. The van der Waals surface area contributed by atoms with E-state index in [9.17, 15) is 19.5 Å². The minimum absolute atomic E-state index is 0.185. The third-order valence-electron chi connectivity index (χ3n) is 3.28. The Morgan fingerprint density at radius 2 is 2.05 bits per heavy atom. The van der Waals surface area contributed by atoms with Crippen LogP contribution < -0.4 is 10.6 Å². The molecular weight excluding hydrogens is 340 g/mol. The molecule has 2 amide bonds. The van der Waals surface area contributed by atoms with Gasteiger partial charge < -0.3 is 15.7 Å². The molecular formula is C14H15BrN2O4. The van der Waals surface area contributed by atoms with Crippen molar-refractivity contribution in [3.63, 3.8) is 0 Å². The Kier molecular flexibility index (Phi) is 4.95. The number of halogens is 1. The van der Waals surface area contributed by atoms with Gasteiger partial charge in [0.2, 0.25) is 11.8 Å². The van der Waals surface area contributed by atoms with Gasteiger partial charge in [0.1, 0.15) is 12.1 Å². The van der Waals surface area contributed by atoms with Gasteiger partial charge in [0.15, 0.2) is 0 Å². The predicted molar refractivity (Wildman–Crippen MR) is 78.6 cm³/mol. The summed E-state index contributed by atoms with van der Waals surface area (Å²) in [5, 5.41) is 14.2. The number of carboxylic acid groups (broad SMARTS) is 1. The molecule has 0 radical (unpaired) electrons. The highest BCUT2D eigenvalue weighted by molar-refractivity contribution is 9.10. The number of carboxylic acids is 1. The van der Waals surface area contributed by atoms with Crippen molar-refractivity contribution in [3.05, 3.63) is 34.3 Å². The van der Waals surface area contributed by atoms with Crippen molar-refractivity contribution in [3.8, 4) is 0 Å². The van der Waals surface area contributed by atoms with Gasteiger partial charge in [-0.15, -0.1) is 0 Å². The molecule has 7 heteroatoms. The highest BCUT2D eigenvalue weighted by Crippen LogP contribution is 2.13. The first-order valence-corrected chi connectivity index (χ1v) is 7.32. The summed E-state index contributed by atoms with van der Waals surface area (Å²) in [6, 6.07) is 5.56. The molecule has 0 aliphatic carbocycles. The predicted octanol–water partition coefficient (Wildman–Crippen LogP) is 0.840. The monoisotopic (exact) mass is 354 g/mol. The van der Waals surface area contributed by atoms with E-state index in [0.29, 0.717) is 12.8 Å². The second kappa shape index (κ2) is 6.71. The van der Waals surface area contributed by atoms with Crippen LogP contribution >= 0.6 is 15.9 Å². The summed E-state index contributed by atoms with van der Waals surface area (Å²) in [5.74, 6) is -1.74. The van der Waals surface area contributed by atoms with Crippen molar-refractivity contribution in [1.82, 2.24) is 10.6 Å². The number of hydrogen-bond acceptors (Lipinski definition) is 3. The van der Waals surface area contributed by atoms with E-state index in [0.717, 1.165) is 10.0 Å². The summed E-state index contributed by atoms with van der Waals surface area (Å²) >= 11 is 3.30. The topological polar surface area (TPSA) is 95.5 Å². The molecule has 1 aromatic carbocycles. The van der Waals surface area contributed by atoms with Crippen molar-refractivity contribution in [2.45, 2.75) is 31.3 Å². The second-order valence-electron chi connectivity index (χ2n) is 4.89. The van der Waals surface area contributed by atoms with Crippen LogP contribution in [0.2, 0.25) is 0 Å². The highest BCUT2D eigenvalue weighted by atomic mass is 79.9. The van der Waals surface area contributed by atoms with Crippen molar-refractivity contribution < 1.29 is 19.5 Å². The number of nitrogens with one attached hydrogen (secondary N) is 2. The normalized spacial score (nSPS) is 18.9. The first kappa shape index (κ1) is 15.5. The van der Waals surface area contributed by atoms with Crippen molar-refractivity contribution in [1.29, 1.82) is 0 Å². The third kappa shape index (κ3) is 4.29. The molecule has 6 nitrogen and oxygen atoms in total. The summed E-state index contributed by atoms with van der Waals surface area (Å²) in [5.41, 5.74) is 0.807. The maximum absolute atomic E-state index is 12.0. The Morgan fingerprint density at radius 3 is 2.57 bits per heavy atom. The molecule has 0 bridgehead atoms. The van der Waals surface area contributed by atoms with Gasteiger partial charge in [0.25, 0.3) is 0 Å². The summed E-state index contributed by atoms with van der Waals surface area (Å²) in [7, 11) is 0. The number of benzene rings is 1. The van der Waals surface area contributed by atoms with E-state index in [1.165, 1.54) is 0 Å². The second-order valence-corrected chi connectivity index (χ2v) is 5.80. The Morgan fingerprint density at radius 1 is 1.38 bits per heavy atom. The van der Waals surface area contributed by atoms with Crippen molar-refractivity contribution >= 4 is 33.7 Å². The Hall–Kier alpha value is -1.89. The van der Waals surface area contributed by atoms with Gasteiger partial charge in [-0.25, -0.2) is 4.79 Å². The number of carbonyl (C=O) groups is 3. The zero-order valence-corrected chi connectivity index (χ0v) is 12.7. The summed E-state index contributed by atoms with van der Waals surface area (Å²) < 4.78 is 0.899. The molecule has 21 heavy (non-hydrogen) atoms. The Balaban J connectivity index is 1.99. The Labute approximate surface area is 130 Å². The van der Waals surface area contributed by atoms with Crippen LogP contribution in [0.4, 0.5) is 0 Å². The van der Waals surface area contributed by atoms with Crippen LogP contribution in [0.15, 0.2) is 28.7 Å². The van der Waals surface area contributed by atoms with Gasteiger partial charge in [-0.05, 0) is 24.1 Å². The SMILES string of the molecule is O=C1CC[C@@H](C(=O)N[C@@H](Cc2ccc(Br)cc2)C(=O)O)N1. The molecule has 2 atom stereocenters. The van der Waals surface area contributed by atoms with Crippen LogP contribution in [0.1, 0.15) is 18.4 Å². The van der Waals surface area contributed by atoms with Crippen LogP contribution in [0.25, 0.3) is 0 Å². The largest absolute Gasteiger partial charge is 0.480 e. The number of aliphatic carboxylic acids is 1. The van der Waals surface area contributed by atoms with E-state index >= 15 is 0 Å². The smallest absolute Gasteiger partial charge is 0.326 e. The maximum atomic E-state index is 12.0. The fourth-order valence-corrected chi connectivity index (χ4v) is 2.40. The number of hydrogen-bond donors (Lipinski definition) is 3. The quantitative estimate of drug-likeness (QED) is 0.729. The van der Waals surface area contributed by atoms with Gasteiger partial charge in [0, 0.05) is 17.3 Å². The molecule has 0 saturated carbocycles. The first-order valence-electron chi connectivity index (χ1n) is 6.52. The molecule has 2 rings (SSSR count). The Bertz CT molecular complexity index is 559. The molecule has 0 aromatic heterocycles. The lowest BCUT2D eigenvalue weighted by molar-refractivity contribution is -0.142. The van der Waals surface area contributed by atoms with Crippen molar-refractivity contribution in [2.24, 2.45) is 0 Å². The van der Waals surface area contributed by atoms with E-state index in [1.54, 1.807) is 12.1 Å². The van der Waals surface area contributed by atoms with Gasteiger partial charge in [-0.3, -0.25) is 9.59 Å². The molecule has 0 spiro atoms. The van der Waals surface area contributed by atoms with E-state index in [4.69, 9.17) is 0 Å². The molecule has 1 aliphatic rings. The summed E-state index contributed by atoms with van der Waals surface area (Å²) in [4.78, 5) is 34.3. The van der Waals surface area contributed by atoms with E-state index in [-0.39, 0.29) is 12.3 Å². The molecule has 1 aliphatic heterocycles. The lowest BCUT2D eigenvalue weighted by atomic mass is 10.1. The third-order valence-corrected chi connectivity index (χ3v) is 3.81. The number of amides is 2. The first-order chi connectivity index (χ1) is 9.95. The van der Waals surface area contributed by atoms with E-state index in [2.05, 4.69) is 26.6 Å². The van der Waals surface area contributed by atoms with Crippen LogP contribution in [0.3, 0.4) is 0 Å². The number of carbonyl (C=O) groups excluding carboxylic acids is 2. The molecule has 1 heterocycles. The zero-order valence-electron chi connectivity index (χ0n) is 11.1. The summed E-state index contributed by atoms with van der Waals surface area (Å²) in [6.45, 7) is 0. The lowest BCUT2D eigenvalue weighted by Crippen LogP contribution is -2.49. The van der Waals surface area contributed by atoms with Crippen LogP contribution in [0, 0.1) is 0 Å². The minimum atomic E-state index is -1.10. The molecule has 0 unspecified atom stereocenters. The van der Waals surface area contributed by atoms with Crippen molar-refractivity contribution in [2.75, 3.05) is 0 Å². The van der Waals surface area contributed by atoms with E-state index < -0.39 is 24.0 Å². The fraction of sp³-hybridized carbons (Fsp3) is 0.357. The standard InChI is InChI=1S/C14H15BrN2O4/c15-9-3-1-8(2-4-9)7-11(14(20)21)17-13(19)10-5-6-12(18)16-10/h1-4,10-11H,5-7H2,(H,16,18)(H,17,19)(H,20,21)/t10-,11-/m0/s1. The van der Waals surface area contributed by atoms with Crippen LogP contribution in [-0.4, -0.2) is 35.0 Å². The van der Waals surface area contributed by atoms with Gasteiger partial charge in [-0.2, -0.15) is 0 Å². The average molecular weight is 355 g/mol. The molecule has 1 fully saturated rings. The zero-order chi connectivity index (χ0) is 15.4. The van der Waals surface area contributed by atoms with Gasteiger partial charge >= 0.3 is 5.97 Å². The minimum Gasteiger partial charge on any atom is -0.480 e. The summed E-state index contributed by atoms with van der Waals surface area (Å²) in [6.07, 6.45) is 0.882. The van der Waals surface area contributed by atoms with E-state index in [1.807, 2.05) is 12.1 Å². The molecule has 1 aromatic rings. The maximum Gasteiger partial charge on any atom is 0.326 e. The number of rotatable bonds is 5. The molecule has 112 valence electrons. The molecule has 3 N–H and O–H groups in total. The van der Waals surface area contributed by atoms with Gasteiger partial charge in [-0.1, -0.05) is 28.1 Å². The lowest BCUT2D eigenvalue weighted by Gasteiger charge is -2.17. The average Bonchev–Trinajstić information content (AvgIpc) is 2.87. The van der Waals surface area contributed by atoms with Gasteiger partial charge in [0.05, 0.1) is 0 Å². The van der Waals surface area contributed by atoms with Crippen LogP contribution in [-0.2, 0) is 20.8 Å². The highest BCUT2D eigenvalue weighted by Gasteiger charge is 2.30. The molecule has 1 saturated heterocycles.